The summed E-state index contributed by atoms with van der Waals surface area (Å²) in [6.07, 6.45) is 5.38. The number of nitrogens with one attached hydrogen (secondary N) is 1. The van der Waals surface area contributed by atoms with Crippen molar-refractivity contribution in [2.24, 2.45) is 17.8 Å². The molecule has 106 valence electrons. The number of hydrogen-bond acceptors (Lipinski definition) is 1. The van der Waals surface area contributed by atoms with Crippen molar-refractivity contribution in [3.63, 3.8) is 0 Å². The highest BCUT2D eigenvalue weighted by molar-refractivity contribution is 5.16. The summed E-state index contributed by atoms with van der Waals surface area (Å²) < 4.78 is 0. The molecule has 0 radical (unpaired) electrons. The Hall–Kier alpha value is -0.820. The Balaban J connectivity index is 1.99. The van der Waals surface area contributed by atoms with Crippen LogP contribution in [-0.2, 0) is 6.42 Å². The molecule has 0 spiro atoms. The summed E-state index contributed by atoms with van der Waals surface area (Å²) in [4.78, 5) is 0. The largest absolute Gasteiger partial charge is 0.314 e. The molecule has 1 aromatic carbocycles. The first kappa shape index (κ1) is 14.6. The van der Waals surface area contributed by atoms with Crippen LogP contribution in [-0.4, -0.2) is 12.6 Å². The maximum atomic E-state index is 3.74. The van der Waals surface area contributed by atoms with Gasteiger partial charge in [0.05, 0.1) is 0 Å². The fourth-order valence-corrected chi connectivity index (χ4v) is 3.49. The van der Waals surface area contributed by atoms with Crippen molar-refractivity contribution >= 4 is 0 Å². The van der Waals surface area contributed by atoms with Crippen molar-refractivity contribution in [2.45, 2.75) is 52.5 Å². The van der Waals surface area contributed by atoms with Gasteiger partial charge in [-0.25, -0.2) is 0 Å². The molecule has 1 aromatic rings. The molecule has 19 heavy (non-hydrogen) atoms. The van der Waals surface area contributed by atoms with E-state index in [-0.39, 0.29) is 0 Å². The molecule has 4 atom stereocenters. The zero-order chi connectivity index (χ0) is 13.7. The summed E-state index contributed by atoms with van der Waals surface area (Å²) >= 11 is 0. The average Bonchev–Trinajstić information content (AvgIpc) is 2.43. The van der Waals surface area contributed by atoms with E-state index < -0.39 is 0 Å². The van der Waals surface area contributed by atoms with E-state index in [1.807, 2.05) is 0 Å². The van der Waals surface area contributed by atoms with Crippen LogP contribution in [0.15, 0.2) is 30.3 Å². The van der Waals surface area contributed by atoms with Gasteiger partial charge in [0.25, 0.3) is 0 Å². The number of likely N-dealkylation sites (N-methyl/N-ethyl adjacent to an activating group) is 1. The Bertz CT molecular complexity index is 359. The van der Waals surface area contributed by atoms with Crippen molar-refractivity contribution < 1.29 is 0 Å². The van der Waals surface area contributed by atoms with Gasteiger partial charge in [0.1, 0.15) is 0 Å². The fraction of sp³-hybridized carbons (Fsp3) is 0.667. The molecular weight excluding hydrogens is 230 g/mol. The highest BCUT2D eigenvalue weighted by atomic mass is 14.9. The van der Waals surface area contributed by atoms with E-state index >= 15 is 0 Å². The van der Waals surface area contributed by atoms with E-state index in [4.69, 9.17) is 0 Å². The van der Waals surface area contributed by atoms with E-state index in [1.165, 1.54) is 31.2 Å². The van der Waals surface area contributed by atoms with Gasteiger partial charge in [-0.2, -0.15) is 0 Å². The van der Waals surface area contributed by atoms with Crippen LogP contribution in [0.2, 0.25) is 0 Å². The van der Waals surface area contributed by atoms with Crippen LogP contribution in [0.4, 0.5) is 0 Å². The van der Waals surface area contributed by atoms with Gasteiger partial charge in [0.15, 0.2) is 0 Å². The Kier molecular flexibility index (Phi) is 5.45. The van der Waals surface area contributed by atoms with Gasteiger partial charge in [0, 0.05) is 6.04 Å². The van der Waals surface area contributed by atoms with Crippen molar-refractivity contribution in [1.82, 2.24) is 5.32 Å². The zero-order valence-electron chi connectivity index (χ0n) is 12.7. The van der Waals surface area contributed by atoms with Crippen molar-refractivity contribution in [2.75, 3.05) is 6.54 Å². The highest BCUT2D eigenvalue weighted by Crippen LogP contribution is 2.35. The van der Waals surface area contributed by atoms with Gasteiger partial charge < -0.3 is 5.32 Å². The van der Waals surface area contributed by atoms with Crippen LogP contribution in [0, 0.1) is 17.8 Å². The first-order valence-electron chi connectivity index (χ1n) is 7.98. The normalized spacial score (nSPS) is 29.1. The van der Waals surface area contributed by atoms with Gasteiger partial charge in [0.2, 0.25) is 0 Å². The molecule has 1 aliphatic carbocycles. The highest BCUT2D eigenvalue weighted by Gasteiger charge is 2.29. The first-order chi connectivity index (χ1) is 9.20. The summed E-state index contributed by atoms with van der Waals surface area (Å²) in [6, 6.07) is 11.6. The predicted octanol–water partition coefficient (Wildman–Crippen LogP) is 4.28. The predicted molar refractivity (Wildman–Crippen MR) is 83.3 cm³/mol. The van der Waals surface area contributed by atoms with Gasteiger partial charge in [-0.05, 0) is 49.1 Å². The second kappa shape index (κ2) is 7.09. The molecule has 4 unspecified atom stereocenters. The molecule has 0 heterocycles. The molecule has 0 aromatic heterocycles. The average molecular weight is 259 g/mol. The monoisotopic (exact) mass is 259 g/mol. The van der Waals surface area contributed by atoms with E-state index in [9.17, 15) is 0 Å². The van der Waals surface area contributed by atoms with Crippen LogP contribution < -0.4 is 5.32 Å². The minimum atomic E-state index is 0.655. The van der Waals surface area contributed by atoms with Gasteiger partial charge in [-0.3, -0.25) is 0 Å². The molecule has 1 saturated carbocycles. The number of hydrogen-bond donors (Lipinski definition) is 1. The molecule has 1 nitrogen and oxygen atoms in total. The maximum Gasteiger partial charge on any atom is 0.0136 e. The Labute approximate surface area is 118 Å². The van der Waals surface area contributed by atoms with Crippen LogP contribution in [0.5, 0.6) is 0 Å². The third-order valence-corrected chi connectivity index (χ3v) is 4.97. The van der Waals surface area contributed by atoms with E-state index in [0.717, 1.165) is 24.3 Å². The molecule has 1 aliphatic rings. The third-order valence-electron chi connectivity index (χ3n) is 4.97. The summed E-state index contributed by atoms with van der Waals surface area (Å²) in [7, 11) is 0. The quantitative estimate of drug-likeness (QED) is 0.832. The number of benzene rings is 1. The van der Waals surface area contributed by atoms with Crippen LogP contribution in [0.1, 0.15) is 45.6 Å². The summed E-state index contributed by atoms with van der Waals surface area (Å²) in [5.41, 5.74) is 1.47. The van der Waals surface area contributed by atoms with Crippen LogP contribution >= 0.6 is 0 Å². The molecule has 0 saturated heterocycles. The molecule has 1 N–H and O–H groups in total. The molecular formula is C18H29N. The lowest BCUT2D eigenvalue weighted by atomic mass is 9.72. The third kappa shape index (κ3) is 4.07. The summed E-state index contributed by atoms with van der Waals surface area (Å²) in [5, 5.41) is 3.74. The maximum absolute atomic E-state index is 3.74. The van der Waals surface area contributed by atoms with Gasteiger partial charge in [-0.1, -0.05) is 57.5 Å². The number of rotatable bonds is 5. The van der Waals surface area contributed by atoms with Crippen molar-refractivity contribution in [1.29, 1.82) is 0 Å². The SMILES string of the molecule is CCNC(Cc1ccccc1)C1CCC(C)C(C)C1. The molecule has 0 bridgehead atoms. The van der Waals surface area contributed by atoms with Crippen molar-refractivity contribution in [3.05, 3.63) is 35.9 Å². The van der Waals surface area contributed by atoms with Gasteiger partial charge >= 0.3 is 0 Å². The van der Waals surface area contributed by atoms with E-state index in [0.29, 0.717) is 6.04 Å². The lowest BCUT2D eigenvalue weighted by Gasteiger charge is -2.37. The zero-order valence-corrected chi connectivity index (χ0v) is 12.7. The summed E-state index contributed by atoms with van der Waals surface area (Å²) in [6.45, 7) is 8.16. The molecule has 0 aliphatic heterocycles. The molecule has 1 fully saturated rings. The second-order valence-electron chi connectivity index (χ2n) is 6.38. The first-order valence-corrected chi connectivity index (χ1v) is 7.98. The summed E-state index contributed by atoms with van der Waals surface area (Å²) in [5.74, 6) is 2.65. The lowest BCUT2D eigenvalue weighted by molar-refractivity contribution is 0.171. The van der Waals surface area contributed by atoms with E-state index in [2.05, 4.69) is 56.4 Å². The smallest absolute Gasteiger partial charge is 0.0136 e. The molecule has 2 rings (SSSR count). The van der Waals surface area contributed by atoms with E-state index in [1.54, 1.807) is 0 Å². The minimum Gasteiger partial charge on any atom is -0.314 e. The standard InChI is InChI=1S/C18H29N/c1-4-19-18(13-16-8-6-5-7-9-16)17-11-10-14(2)15(3)12-17/h5-9,14-15,17-19H,4,10-13H2,1-3H3. The van der Waals surface area contributed by atoms with Crippen molar-refractivity contribution in [3.8, 4) is 0 Å². The van der Waals surface area contributed by atoms with Crippen LogP contribution in [0.25, 0.3) is 0 Å². The Morgan fingerprint density at radius 2 is 1.84 bits per heavy atom. The molecule has 1 heteroatoms. The Morgan fingerprint density at radius 1 is 1.11 bits per heavy atom. The Morgan fingerprint density at radius 3 is 2.47 bits per heavy atom. The lowest BCUT2D eigenvalue weighted by Crippen LogP contribution is -2.41. The van der Waals surface area contributed by atoms with Gasteiger partial charge in [-0.15, -0.1) is 0 Å². The molecule has 0 amide bonds. The second-order valence-corrected chi connectivity index (χ2v) is 6.38. The topological polar surface area (TPSA) is 12.0 Å². The van der Waals surface area contributed by atoms with Crippen LogP contribution in [0.3, 0.4) is 0 Å². The minimum absolute atomic E-state index is 0.655. The fourth-order valence-electron chi connectivity index (χ4n) is 3.49.